The largest absolute Gasteiger partial charge is 0.268 e. The average Bonchev–Trinajstić information content (AvgIpc) is 2.64. The standard InChI is InChI=1S/C78H41NO2/c80-77-75-63(44-22-10-3-11-23-44)73-59-40-36-55-51-32-30-49-53-34-38-57-69-58(72-62(43-20-8-2-9-21-43)48-29-17-16-28-47(48)61(71(57)72)42-18-6-1-7-19-42)39-35-54(67(53)69)50-31-33-52(66(51)65(49)50)56-37-41-60(70(59)68(55)56)74(73)64(45-24-12-4-13-25-45)76(75)78(81)79(77)46-26-14-5-15-27-46/h1-41H. The molecule has 0 saturated carbocycles. The molecule has 370 valence electrons. The first-order valence-electron chi connectivity index (χ1n) is 27.9. The maximum atomic E-state index is 15.3. The van der Waals surface area contributed by atoms with E-state index in [1.54, 1.807) is 0 Å². The van der Waals surface area contributed by atoms with Gasteiger partial charge in [-0.25, -0.2) is 4.90 Å². The molecule has 0 N–H and O–H groups in total. The second-order valence-electron chi connectivity index (χ2n) is 22.3. The molecule has 19 rings (SSSR count). The summed E-state index contributed by atoms with van der Waals surface area (Å²) in [6, 6.07) is 89.2. The van der Waals surface area contributed by atoms with Crippen LogP contribution >= 0.6 is 0 Å². The number of rotatable bonds is 5. The number of carbonyl (C=O) groups is 2. The zero-order valence-electron chi connectivity index (χ0n) is 43.4. The third kappa shape index (κ3) is 5.34. The van der Waals surface area contributed by atoms with Crippen molar-refractivity contribution < 1.29 is 9.59 Å². The van der Waals surface area contributed by atoms with Crippen LogP contribution in [0.5, 0.6) is 0 Å². The van der Waals surface area contributed by atoms with Gasteiger partial charge in [0.2, 0.25) is 0 Å². The Morgan fingerprint density at radius 3 is 0.753 bits per heavy atom. The summed E-state index contributed by atoms with van der Waals surface area (Å²) in [5, 5.41) is 19.9. The van der Waals surface area contributed by atoms with Gasteiger partial charge < -0.3 is 0 Å². The van der Waals surface area contributed by atoms with E-state index in [0.29, 0.717) is 16.8 Å². The van der Waals surface area contributed by atoms with Crippen molar-refractivity contribution in [2.75, 3.05) is 4.90 Å². The molecule has 2 amide bonds. The Labute approximate surface area is 464 Å². The zero-order valence-corrected chi connectivity index (χ0v) is 43.4. The summed E-state index contributed by atoms with van der Waals surface area (Å²) in [4.78, 5) is 32.0. The number of amides is 2. The van der Waals surface area contributed by atoms with Crippen molar-refractivity contribution in [2.24, 2.45) is 0 Å². The lowest BCUT2D eigenvalue weighted by atomic mass is 9.81. The number of para-hydroxylation sites is 1. The third-order valence-corrected chi connectivity index (χ3v) is 18.5. The highest BCUT2D eigenvalue weighted by molar-refractivity contribution is 6.47. The SMILES string of the molecule is O=C1c2c(c(-c3ccccc3)c3c(c2-c2ccccc2)-c2ccc4c5ccc6c7ccc8c9c(ccc(c%10ccc(c%11ccc-3c2c4%11)c5c6%10)c97)-c2c-8c(-c3ccccc3)c3ccccc3c2-c2ccccc2)C(=O)N1c1ccccc1. The number of imide groups is 1. The summed E-state index contributed by atoms with van der Waals surface area (Å²) in [6.07, 6.45) is 0. The molecule has 16 aromatic rings. The first-order valence-corrected chi connectivity index (χ1v) is 27.9. The van der Waals surface area contributed by atoms with Crippen molar-refractivity contribution in [1.82, 2.24) is 0 Å². The highest BCUT2D eigenvalue weighted by atomic mass is 16.2. The minimum Gasteiger partial charge on any atom is -0.268 e. The molecule has 0 spiro atoms. The van der Waals surface area contributed by atoms with E-state index in [0.717, 1.165) is 49.9 Å². The topological polar surface area (TPSA) is 37.4 Å². The van der Waals surface area contributed by atoms with Crippen molar-refractivity contribution >= 4 is 104 Å². The lowest BCUT2D eigenvalue weighted by Crippen LogP contribution is -2.29. The molecule has 0 unspecified atom stereocenters. The number of anilines is 1. The zero-order chi connectivity index (χ0) is 52.9. The number of hydrogen-bond acceptors (Lipinski definition) is 2. The molecular formula is C78H41NO2. The van der Waals surface area contributed by atoms with Gasteiger partial charge in [-0.1, -0.05) is 237 Å². The van der Waals surface area contributed by atoms with E-state index in [1.807, 2.05) is 66.7 Å². The Kier molecular flexibility index (Phi) is 8.28. The third-order valence-electron chi connectivity index (χ3n) is 18.5. The summed E-state index contributed by atoms with van der Waals surface area (Å²) in [5.41, 5.74) is 19.2. The van der Waals surface area contributed by atoms with E-state index < -0.39 is 0 Å². The molecule has 3 aliphatic rings. The second-order valence-corrected chi connectivity index (χ2v) is 22.3. The first-order chi connectivity index (χ1) is 40.1. The van der Waals surface area contributed by atoms with Crippen LogP contribution in [0.15, 0.2) is 249 Å². The monoisotopic (exact) mass is 1020 g/mol. The summed E-state index contributed by atoms with van der Waals surface area (Å²) in [7, 11) is 0. The van der Waals surface area contributed by atoms with Crippen LogP contribution in [0.1, 0.15) is 20.7 Å². The number of nitrogens with zero attached hydrogens (tertiary/aromatic N) is 1. The van der Waals surface area contributed by atoms with Gasteiger partial charge in [-0.15, -0.1) is 0 Å². The normalized spacial score (nSPS) is 13.2. The quantitative estimate of drug-likeness (QED) is 0.0979. The molecule has 1 heterocycles. The Balaban J connectivity index is 0.892. The van der Waals surface area contributed by atoms with Crippen LogP contribution in [-0.2, 0) is 0 Å². The molecule has 0 saturated heterocycles. The maximum absolute atomic E-state index is 15.3. The van der Waals surface area contributed by atoms with E-state index in [-0.39, 0.29) is 11.8 Å². The molecule has 0 bridgehead atoms. The highest BCUT2D eigenvalue weighted by Gasteiger charge is 2.46. The summed E-state index contributed by atoms with van der Waals surface area (Å²) in [6.45, 7) is 0. The van der Waals surface area contributed by atoms with E-state index >= 15 is 9.59 Å². The number of carbonyl (C=O) groups excluding carboxylic acids is 2. The van der Waals surface area contributed by atoms with Gasteiger partial charge in [-0.2, -0.15) is 0 Å². The Morgan fingerprint density at radius 1 is 0.185 bits per heavy atom. The molecule has 2 aliphatic carbocycles. The molecular weight excluding hydrogens is 983 g/mol. The molecule has 0 atom stereocenters. The highest BCUT2D eigenvalue weighted by Crippen LogP contribution is 2.63. The van der Waals surface area contributed by atoms with E-state index in [1.165, 1.54) is 130 Å². The Morgan fingerprint density at radius 2 is 0.432 bits per heavy atom. The maximum Gasteiger partial charge on any atom is 0.266 e. The van der Waals surface area contributed by atoms with Gasteiger partial charge >= 0.3 is 0 Å². The van der Waals surface area contributed by atoms with Gasteiger partial charge in [0.15, 0.2) is 0 Å². The van der Waals surface area contributed by atoms with Gasteiger partial charge in [-0.05, 0) is 176 Å². The van der Waals surface area contributed by atoms with Crippen molar-refractivity contribution in [3.63, 3.8) is 0 Å². The van der Waals surface area contributed by atoms with Gasteiger partial charge in [0.1, 0.15) is 0 Å². The first kappa shape index (κ1) is 43.3. The van der Waals surface area contributed by atoms with Crippen molar-refractivity contribution in [3.05, 3.63) is 260 Å². The Bertz CT molecular complexity index is 5210. The molecule has 3 heteroatoms. The molecule has 0 radical (unpaired) electrons. The molecule has 16 aromatic carbocycles. The van der Waals surface area contributed by atoms with Crippen LogP contribution in [0.25, 0.3) is 175 Å². The van der Waals surface area contributed by atoms with Crippen LogP contribution in [-0.4, -0.2) is 11.8 Å². The van der Waals surface area contributed by atoms with Crippen molar-refractivity contribution in [3.8, 4) is 89.0 Å². The van der Waals surface area contributed by atoms with Gasteiger partial charge in [-0.3, -0.25) is 9.59 Å². The summed E-state index contributed by atoms with van der Waals surface area (Å²) in [5.74, 6) is -0.616. The molecule has 1 aliphatic heterocycles. The lowest BCUT2D eigenvalue weighted by Gasteiger charge is -2.20. The average molecular weight is 1020 g/mol. The summed E-state index contributed by atoms with van der Waals surface area (Å²) >= 11 is 0. The van der Waals surface area contributed by atoms with Crippen molar-refractivity contribution in [1.29, 1.82) is 0 Å². The van der Waals surface area contributed by atoms with Gasteiger partial charge in [0, 0.05) is 11.1 Å². The number of fused-ring (bicyclic) bond motifs is 12. The minimum atomic E-state index is -0.308. The second kappa shape index (κ2) is 15.5. The van der Waals surface area contributed by atoms with Crippen LogP contribution in [0.2, 0.25) is 0 Å². The fourth-order valence-electron chi connectivity index (χ4n) is 15.5. The van der Waals surface area contributed by atoms with Crippen molar-refractivity contribution in [2.45, 2.75) is 0 Å². The number of hydrogen-bond donors (Lipinski definition) is 0. The Hall–Kier alpha value is -10.7. The van der Waals surface area contributed by atoms with E-state index in [2.05, 4.69) is 182 Å². The molecule has 81 heavy (non-hydrogen) atoms. The van der Waals surface area contributed by atoms with Crippen LogP contribution in [0, 0.1) is 0 Å². The summed E-state index contributed by atoms with van der Waals surface area (Å²) < 4.78 is 0. The minimum absolute atomic E-state index is 0.308. The van der Waals surface area contributed by atoms with Crippen LogP contribution in [0.3, 0.4) is 0 Å². The molecule has 0 fully saturated rings. The van der Waals surface area contributed by atoms with E-state index in [4.69, 9.17) is 0 Å². The van der Waals surface area contributed by atoms with Gasteiger partial charge in [0.05, 0.1) is 16.8 Å². The molecule has 3 nitrogen and oxygen atoms in total. The molecule has 0 aromatic heterocycles. The van der Waals surface area contributed by atoms with Crippen LogP contribution < -0.4 is 4.90 Å². The van der Waals surface area contributed by atoms with Gasteiger partial charge in [0.25, 0.3) is 11.8 Å². The fourth-order valence-corrected chi connectivity index (χ4v) is 15.5. The lowest BCUT2D eigenvalue weighted by molar-refractivity contribution is 0.0926. The fraction of sp³-hybridized carbons (Fsp3) is 0. The van der Waals surface area contributed by atoms with E-state index in [9.17, 15) is 0 Å². The number of benzene rings is 16. The van der Waals surface area contributed by atoms with Crippen LogP contribution in [0.4, 0.5) is 5.69 Å². The predicted molar refractivity (Wildman–Crippen MR) is 337 cm³/mol. The predicted octanol–water partition coefficient (Wildman–Crippen LogP) is 20.6. The smallest absolute Gasteiger partial charge is 0.266 e.